The third-order valence-electron chi connectivity index (χ3n) is 7.65. The van der Waals surface area contributed by atoms with Gasteiger partial charge in [0.15, 0.2) is 5.60 Å². The summed E-state index contributed by atoms with van der Waals surface area (Å²) in [7, 11) is 0. The van der Waals surface area contributed by atoms with Gasteiger partial charge in [-0.1, -0.05) is 37.6 Å². The first-order valence-corrected chi connectivity index (χ1v) is 13.9. The van der Waals surface area contributed by atoms with Crippen molar-refractivity contribution < 1.29 is 19.1 Å². The van der Waals surface area contributed by atoms with Crippen LogP contribution in [0.1, 0.15) is 54.9 Å². The van der Waals surface area contributed by atoms with E-state index in [0.29, 0.717) is 44.8 Å². The molecule has 2 amide bonds. The number of amides is 2. The Labute approximate surface area is 224 Å². The summed E-state index contributed by atoms with van der Waals surface area (Å²) in [6.07, 6.45) is 6.86. The van der Waals surface area contributed by atoms with Crippen LogP contribution in [0.15, 0.2) is 60.8 Å². The van der Waals surface area contributed by atoms with Crippen LogP contribution < -0.4 is 4.74 Å². The molecule has 0 aliphatic carbocycles. The minimum Gasteiger partial charge on any atom is -0.491 e. The molecule has 2 aliphatic rings. The number of unbranched alkanes of at least 4 members (excludes halogenated alkanes) is 1. The molecule has 1 aromatic heterocycles. The Morgan fingerprint density at radius 1 is 1.05 bits per heavy atom. The molecule has 200 valence electrons. The normalized spacial score (nSPS) is 20.9. The maximum atomic E-state index is 14.2. The number of rotatable bonds is 4. The van der Waals surface area contributed by atoms with Gasteiger partial charge in [0.2, 0.25) is 0 Å². The molecule has 0 N–H and O–H groups in total. The molecule has 3 heterocycles. The second-order valence-electron chi connectivity index (χ2n) is 10.3. The Morgan fingerprint density at radius 2 is 1.95 bits per heavy atom. The van der Waals surface area contributed by atoms with Gasteiger partial charge in [-0.15, -0.1) is 0 Å². The van der Waals surface area contributed by atoms with Crippen LogP contribution in [0.3, 0.4) is 0 Å². The van der Waals surface area contributed by atoms with Gasteiger partial charge in [-0.3, -0.25) is 14.6 Å². The lowest BCUT2D eigenvalue weighted by atomic mass is 9.90. The molecule has 1 spiro atoms. The molecule has 7 nitrogen and oxygen atoms in total. The zero-order valence-electron chi connectivity index (χ0n) is 22.2. The summed E-state index contributed by atoms with van der Waals surface area (Å²) in [5.74, 6) is 0.806. The monoisotopic (exact) mass is 515 g/mol. The van der Waals surface area contributed by atoms with Crippen LogP contribution in [0.25, 0.3) is 10.9 Å². The third-order valence-corrected chi connectivity index (χ3v) is 7.65. The molecule has 0 saturated carbocycles. The van der Waals surface area contributed by atoms with Crippen molar-refractivity contribution in [3.63, 3.8) is 0 Å². The minimum atomic E-state index is -1.04. The molecule has 7 heteroatoms. The molecule has 1 fully saturated rings. The zero-order chi connectivity index (χ0) is 26.4. The molecule has 5 rings (SSSR count). The largest absolute Gasteiger partial charge is 0.491 e. The fourth-order valence-corrected chi connectivity index (χ4v) is 5.53. The number of hydrogen-bond acceptors (Lipinski definition) is 5. The number of benzene rings is 2. The van der Waals surface area contributed by atoms with Crippen molar-refractivity contribution >= 4 is 22.7 Å². The number of nitrogens with zero attached hydrogens (tertiary/aromatic N) is 3. The van der Waals surface area contributed by atoms with Gasteiger partial charge >= 0.3 is 0 Å². The summed E-state index contributed by atoms with van der Waals surface area (Å²) in [6, 6.07) is 17.6. The lowest BCUT2D eigenvalue weighted by Crippen LogP contribution is -2.62. The lowest BCUT2D eigenvalue weighted by molar-refractivity contribution is -0.170. The van der Waals surface area contributed by atoms with Crippen LogP contribution in [0.2, 0.25) is 0 Å². The third kappa shape index (κ3) is 5.68. The Hall–Kier alpha value is -3.45. The first kappa shape index (κ1) is 26.2. The topological polar surface area (TPSA) is 72.0 Å². The van der Waals surface area contributed by atoms with Crippen molar-refractivity contribution in [1.29, 1.82) is 0 Å². The summed E-state index contributed by atoms with van der Waals surface area (Å²) in [5.41, 5.74) is 1.61. The van der Waals surface area contributed by atoms with Crippen LogP contribution in [0.5, 0.6) is 5.75 Å². The van der Waals surface area contributed by atoms with E-state index in [4.69, 9.17) is 9.47 Å². The predicted molar refractivity (Wildman–Crippen MR) is 147 cm³/mol. The van der Waals surface area contributed by atoms with Crippen molar-refractivity contribution in [2.24, 2.45) is 0 Å². The van der Waals surface area contributed by atoms with Crippen LogP contribution in [0.4, 0.5) is 0 Å². The van der Waals surface area contributed by atoms with Crippen molar-refractivity contribution in [2.45, 2.75) is 51.0 Å². The van der Waals surface area contributed by atoms with E-state index >= 15 is 0 Å². The first-order valence-electron chi connectivity index (χ1n) is 13.9. The molecular weight excluding hydrogens is 478 g/mol. The number of hydrogen-bond donors (Lipinski definition) is 0. The van der Waals surface area contributed by atoms with E-state index in [-0.39, 0.29) is 18.4 Å². The van der Waals surface area contributed by atoms with E-state index in [1.165, 1.54) is 5.56 Å². The molecule has 3 aromatic rings. The van der Waals surface area contributed by atoms with Crippen molar-refractivity contribution in [3.8, 4) is 5.75 Å². The fourth-order valence-electron chi connectivity index (χ4n) is 5.53. The lowest BCUT2D eigenvalue weighted by Gasteiger charge is -2.44. The number of morpholine rings is 1. The molecule has 2 aromatic carbocycles. The number of carbonyl (C=O) groups excluding carboxylic acids is 2. The number of fused-ring (bicyclic) bond motifs is 2. The standard InChI is InChI=1S/C31H37N3O4/c1-2-3-17-33-18-20-37-28-12-5-4-9-24(28)10-6-7-15-31(30(33)36)23-34(19-21-38-31)29(35)26-13-14-27-25(22-26)11-8-16-32-27/h4-5,8-9,11-14,16,22H,2-3,6-7,10,15,17-21,23H2,1H3. The van der Waals surface area contributed by atoms with Crippen molar-refractivity contribution in [3.05, 3.63) is 71.9 Å². The predicted octanol–water partition coefficient (Wildman–Crippen LogP) is 4.88. The molecule has 0 bridgehead atoms. The summed E-state index contributed by atoms with van der Waals surface area (Å²) < 4.78 is 12.5. The van der Waals surface area contributed by atoms with Crippen LogP contribution in [-0.2, 0) is 16.0 Å². The van der Waals surface area contributed by atoms with Gasteiger partial charge < -0.3 is 19.3 Å². The molecule has 1 saturated heterocycles. The van der Waals surface area contributed by atoms with E-state index < -0.39 is 5.60 Å². The average molecular weight is 516 g/mol. The average Bonchev–Trinajstić information content (AvgIpc) is 2.96. The highest BCUT2D eigenvalue weighted by Crippen LogP contribution is 2.30. The Bertz CT molecular complexity index is 1280. The van der Waals surface area contributed by atoms with E-state index in [1.807, 2.05) is 53.4 Å². The minimum absolute atomic E-state index is 0.0244. The van der Waals surface area contributed by atoms with E-state index in [2.05, 4.69) is 18.0 Å². The smallest absolute Gasteiger partial charge is 0.256 e. The fraction of sp³-hybridized carbons (Fsp3) is 0.452. The second kappa shape index (κ2) is 11.9. The molecule has 1 atom stereocenters. The maximum absolute atomic E-state index is 14.2. The number of ether oxygens (including phenoxy) is 2. The van der Waals surface area contributed by atoms with Crippen LogP contribution in [-0.4, -0.2) is 71.6 Å². The van der Waals surface area contributed by atoms with Gasteiger partial charge in [0.25, 0.3) is 11.8 Å². The summed E-state index contributed by atoms with van der Waals surface area (Å²) in [5, 5.41) is 0.925. The maximum Gasteiger partial charge on any atom is 0.256 e. The molecule has 0 radical (unpaired) electrons. The first-order chi connectivity index (χ1) is 18.6. The molecular formula is C31H37N3O4. The van der Waals surface area contributed by atoms with Gasteiger partial charge in [0, 0.05) is 30.2 Å². The van der Waals surface area contributed by atoms with E-state index in [1.54, 1.807) is 11.1 Å². The number of carbonyl (C=O) groups is 2. The SMILES string of the molecule is CCCCN1CCOc2ccccc2CCCCC2(CN(C(=O)c3ccc4ncccc4c3)CCO2)C1=O. The molecule has 38 heavy (non-hydrogen) atoms. The second-order valence-corrected chi connectivity index (χ2v) is 10.3. The van der Waals surface area contributed by atoms with Gasteiger partial charge in [0.05, 0.1) is 25.2 Å². The quantitative estimate of drug-likeness (QED) is 0.495. The highest BCUT2D eigenvalue weighted by atomic mass is 16.5. The Balaban J connectivity index is 1.40. The molecule has 2 aliphatic heterocycles. The zero-order valence-corrected chi connectivity index (χ0v) is 22.2. The van der Waals surface area contributed by atoms with Crippen LogP contribution >= 0.6 is 0 Å². The van der Waals surface area contributed by atoms with Crippen molar-refractivity contribution in [2.75, 3.05) is 39.4 Å². The summed E-state index contributed by atoms with van der Waals surface area (Å²) >= 11 is 0. The summed E-state index contributed by atoms with van der Waals surface area (Å²) in [4.78, 5) is 35.9. The van der Waals surface area contributed by atoms with E-state index in [0.717, 1.165) is 48.8 Å². The number of aromatic nitrogens is 1. The van der Waals surface area contributed by atoms with Crippen LogP contribution in [0, 0.1) is 0 Å². The number of para-hydroxylation sites is 1. The highest BCUT2D eigenvalue weighted by Gasteiger charge is 2.46. The van der Waals surface area contributed by atoms with Gasteiger partial charge in [0.1, 0.15) is 12.4 Å². The Morgan fingerprint density at radius 3 is 2.84 bits per heavy atom. The van der Waals surface area contributed by atoms with Gasteiger partial charge in [-0.2, -0.15) is 0 Å². The summed E-state index contributed by atoms with van der Waals surface area (Å²) in [6.45, 7) is 4.76. The molecule has 1 unspecified atom stereocenters. The van der Waals surface area contributed by atoms with E-state index in [9.17, 15) is 9.59 Å². The highest BCUT2D eigenvalue weighted by molar-refractivity contribution is 5.98. The van der Waals surface area contributed by atoms with Gasteiger partial charge in [-0.05, 0) is 68.0 Å². The Kier molecular flexibility index (Phi) is 8.23. The number of pyridine rings is 1. The van der Waals surface area contributed by atoms with Gasteiger partial charge in [-0.25, -0.2) is 0 Å². The van der Waals surface area contributed by atoms with Crippen molar-refractivity contribution in [1.82, 2.24) is 14.8 Å². The number of aryl methyl sites for hydroxylation is 1.